The Morgan fingerprint density at radius 2 is 1.96 bits per heavy atom. The molecule has 3 aromatic heterocycles. The first kappa shape index (κ1) is 15.1. The molecule has 126 valence electrons. The summed E-state index contributed by atoms with van der Waals surface area (Å²) in [5.41, 5.74) is 1.92. The number of fused-ring (bicyclic) bond motifs is 1. The number of hydrogen-bond donors (Lipinski definition) is 0. The molecule has 0 N–H and O–H groups in total. The summed E-state index contributed by atoms with van der Waals surface area (Å²) in [6, 6.07) is 9.21. The molecule has 0 saturated heterocycles. The van der Waals surface area contributed by atoms with E-state index in [4.69, 9.17) is 18.4 Å². The fourth-order valence-electron chi connectivity index (χ4n) is 2.37. The first-order chi connectivity index (χ1) is 12.2. The number of nitrogens with zero attached hydrogens (tertiary/aromatic N) is 4. The molecule has 25 heavy (non-hydrogen) atoms. The molecule has 4 aromatic rings. The van der Waals surface area contributed by atoms with Crippen molar-refractivity contribution in [2.75, 3.05) is 7.11 Å². The second-order valence-electron chi connectivity index (χ2n) is 5.29. The molecule has 0 fully saturated rings. The van der Waals surface area contributed by atoms with Crippen molar-refractivity contribution in [1.82, 2.24) is 20.3 Å². The molecule has 0 bridgehead atoms. The van der Waals surface area contributed by atoms with Crippen LogP contribution in [0.25, 0.3) is 22.6 Å². The minimum Gasteiger partial charge on any atom is -0.493 e. The number of pyridine rings is 1. The van der Waals surface area contributed by atoms with Crippen molar-refractivity contribution in [3.05, 3.63) is 48.1 Å². The highest BCUT2D eigenvalue weighted by Gasteiger charge is 2.13. The number of methoxy groups -OCH3 is 1. The van der Waals surface area contributed by atoms with Crippen LogP contribution >= 0.6 is 0 Å². The smallest absolute Gasteiger partial charge is 0.257 e. The van der Waals surface area contributed by atoms with Crippen molar-refractivity contribution in [1.29, 1.82) is 0 Å². The maximum absolute atomic E-state index is 5.68. The van der Waals surface area contributed by atoms with Crippen LogP contribution in [0.1, 0.15) is 11.6 Å². The quantitative estimate of drug-likeness (QED) is 0.547. The van der Waals surface area contributed by atoms with Crippen LogP contribution in [-0.2, 0) is 6.61 Å². The topological polar surface area (TPSA) is 96.3 Å². The molecule has 0 aliphatic carbocycles. The van der Waals surface area contributed by atoms with Crippen molar-refractivity contribution in [2.45, 2.75) is 13.5 Å². The summed E-state index contributed by atoms with van der Waals surface area (Å²) in [4.78, 5) is 4.20. The molecule has 0 spiro atoms. The minimum atomic E-state index is 0.134. The molecular weight excluding hydrogens is 324 g/mol. The summed E-state index contributed by atoms with van der Waals surface area (Å²) in [6.07, 6.45) is 1.60. The van der Waals surface area contributed by atoms with Gasteiger partial charge in [0.2, 0.25) is 5.89 Å². The Hall–Kier alpha value is -3.42. The van der Waals surface area contributed by atoms with E-state index in [9.17, 15) is 0 Å². The number of ether oxygens (including phenoxy) is 2. The lowest BCUT2D eigenvalue weighted by molar-refractivity contribution is 0.251. The molecule has 0 aliphatic rings. The van der Waals surface area contributed by atoms with Crippen LogP contribution in [0.2, 0.25) is 0 Å². The fourth-order valence-corrected chi connectivity index (χ4v) is 2.37. The highest BCUT2D eigenvalue weighted by Crippen LogP contribution is 2.27. The third-order valence-electron chi connectivity index (χ3n) is 3.64. The molecule has 8 heteroatoms. The van der Waals surface area contributed by atoms with Crippen molar-refractivity contribution in [3.63, 3.8) is 0 Å². The summed E-state index contributed by atoms with van der Waals surface area (Å²) < 4.78 is 21.7. The number of benzene rings is 1. The van der Waals surface area contributed by atoms with Crippen molar-refractivity contribution < 1.29 is 18.4 Å². The van der Waals surface area contributed by atoms with Gasteiger partial charge < -0.3 is 18.4 Å². The zero-order valence-electron chi connectivity index (χ0n) is 13.6. The molecule has 0 atom stereocenters. The molecule has 0 radical (unpaired) electrons. The third-order valence-corrected chi connectivity index (χ3v) is 3.64. The van der Waals surface area contributed by atoms with Crippen molar-refractivity contribution in [2.24, 2.45) is 0 Å². The van der Waals surface area contributed by atoms with E-state index in [-0.39, 0.29) is 6.61 Å². The van der Waals surface area contributed by atoms with Gasteiger partial charge in [-0.1, -0.05) is 17.3 Å². The van der Waals surface area contributed by atoms with Gasteiger partial charge in [-0.2, -0.15) is 0 Å². The van der Waals surface area contributed by atoms with Crippen LogP contribution < -0.4 is 9.47 Å². The van der Waals surface area contributed by atoms with Gasteiger partial charge in [0.05, 0.1) is 23.8 Å². The van der Waals surface area contributed by atoms with Gasteiger partial charge in [0.1, 0.15) is 0 Å². The molecular formula is C17H14N4O4. The fraction of sp³-hybridized carbons (Fsp3) is 0.176. The predicted octanol–water partition coefficient (Wildman–Crippen LogP) is 3.17. The van der Waals surface area contributed by atoms with Crippen molar-refractivity contribution >= 4 is 11.1 Å². The summed E-state index contributed by atoms with van der Waals surface area (Å²) in [7, 11) is 1.59. The number of aryl methyl sites for hydroxylation is 1. The molecule has 0 saturated carbocycles. The Bertz CT molecular complexity index is 1020. The van der Waals surface area contributed by atoms with E-state index in [1.54, 1.807) is 13.3 Å². The van der Waals surface area contributed by atoms with Crippen LogP contribution in [0, 0.1) is 6.92 Å². The van der Waals surface area contributed by atoms with Crippen LogP contribution in [0.4, 0.5) is 0 Å². The number of aromatic nitrogens is 4. The van der Waals surface area contributed by atoms with Crippen molar-refractivity contribution in [3.8, 4) is 23.0 Å². The lowest BCUT2D eigenvalue weighted by atomic mass is 10.2. The van der Waals surface area contributed by atoms with E-state index in [1.165, 1.54) is 0 Å². The van der Waals surface area contributed by atoms with Crippen LogP contribution in [0.3, 0.4) is 0 Å². The number of para-hydroxylation sites is 2. The van der Waals surface area contributed by atoms with E-state index in [0.717, 1.165) is 11.1 Å². The lowest BCUT2D eigenvalue weighted by Crippen LogP contribution is -1.97. The first-order valence-corrected chi connectivity index (χ1v) is 7.55. The molecule has 4 rings (SSSR count). The highest BCUT2D eigenvalue weighted by atomic mass is 16.5. The number of hydrogen-bond acceptors (Lipinski definition) is 8. The van der Waals surface area contributed by atoms with Crippen LogP contribution in [0.15, 0.2) is 45.5 Å². The van der Waals surface area contributed by atoms with E-state index in [2.05, 4.69) is 20.3 Å². The SMILES string of the molecule is COc1ccccc1OCc1nnc(-c2cnc3onc(C)c3c2)o1. The van der Waals surface area contributed by atoms with Gasteiger partial charge in [-0.25, -0.2) is 4.98 Å². The largest absolute Gasteiger partial charge is 0.493 e. The standard InChI is InChI=1S/C17H14N4O4/c1-10-12-7-11(8-18-17(12)25-21-10)16-20-19-15(24-16)9-23-14-6-4-3-5-13(14)22-2/h3-8H,9H2,1-2H3. The average Bonchev–Trinajstić information content (AvgIpc) is 3.27. The van der Waals surface area contributed by atoms with E-state index in [0.29, 0.717) is 34.6 Å². The van der Waals surface area contributed by atoms with Crippen LogP contribution in [-0.4, -0.2) is 27.4 Å². The maximum atomic E-state index is 5.68. The zero-order valence-corrected chi connectivity index (χ0v) is 13.6. The van der Waals surface area contributed by atoms with Gasteiger partial charge in [-0.15, -0.1) is 10.2 Å². The van der Waals surface area contributed by atoms with Gasteiger partial charge in [-0.05, 0) is 25.1 Å². The van der Waals surface area contributed by atoms with Crippen LogP contribution in [0.5, 0.6) is 11.5 Å². The van der Waals surface area contributed by atoms with E-state index >= 15 is 0 Å². The van der Waals surface area contributed by atoms with Gasteiger partial charge in [0.15, 0.2) is 18.1 Å². The summed E-state index contributed by atoms with van der Waals surface area (Å²) in [6.45, 7) is 1.98. The summed E-state index contributed by atoms with van der Waals surface area (Å²) in [5, 5.41) is 12.7. The molecule has 0 aliphatic heterocycles. The van der Waals surface area contributed by atoms with Gasteiger partial charge >= 0.3 is 0 Å². The van der Waals surface area contributed by atoms with Gasteiger partial charge in [0.25, 0.3) is 11.6 Å². The Labute approximate surface area is 142 Å². The molecule has 3 heterocycles. The third kappa shape index (κ3) is 2.89. The predicted molar refractivity (Wildman–Crippen MR) is 87.2 cm³/mol. The molecule has 8 nitrogen and oxygen atoms in total. The summed E-state index contributed by atoms with van der Waals surface area (Å²) >= 11 is 0. The molecule has 0 unspecified atom stereocenters. The zero-order chi connectivity index (χ0) is 17.2. The Morgan fingerprint density at radius 3 is 2.80 bits per heavy atom. The van der Waals surface area contributed by atoms with Gasteiger partial charge in [0, 0.05) is 6.20 Å². The van der Waals surface area contributed by atoms with Gasteiger partial charge in [-0.3, -0.25) is 0 Å². The second kappa shape index (κ2) is 6.23. The normalized spacial score (nSPS) is 11.0. The second-order valence-corrected chi connectivity index (χ2v) is 5.29. The lowest BCUT2D eigenvalue weighted by Gasteiger charge is -2.07. The van der Waals surface area contributed by atoms with E-state index in [1.807, 2.05) is 37.3 Å². The Balaban J connectivity index is 1.54. The molecule has 1 aromatic carbocycles. The summed E-state index contributed by atoms with van der Waals surface area (Å²) in [5.74, 6) is 1.95. The highest BCUT2D eigenvalue weighted by molar-refractivity contribution is 5.79. The molecule has 0 amide bonds. The monoisotopic (exact) mass is 338 g/mol. The number of rotatable bonds is 5. The maximum Gasteiger partial charge on any atom is 0.257 e. The van der Waals surface area contributed by atoms with E-state index < -0.39 is 0 Å². The first-order valence-electron chi connectivity index (χ1n) is 7.55. The minimum absolute atomic E-state index is 0.134. The average molecular weight is 338 g/mol. The Morgan fingerprint density at radius 1 is 1.12 bits per heavy atom. The Kier molecular flexibility index (Phi) is 3.77.